The molecule has 1 aliphatic rings. The maximum absolute atomic E-state index is 12.5. The van der Waals surface area contributed by atoms with Crippen LogP contribution in [0.2, 0.25) is 0 Å². The predicted molar refractivity (Wildman–Crippen MR) is 136 cm³/mol. The van der Waals surface area contributed by atoms with Crippen LogP contribution in [0.4, 0.5) is 0 Å². The number of benzene rings is 2. The maximum atomic E-state index is 12.5. The van der Waals surface area contributed by atoms with Crippen LogP contribution in [0, 0.1) is 11.3 Å². The van der Waals surface area contributed by atoms with Gasteiger partial charge in [-0.1, -0.05) is 48.2 Å². The molecule has 0 spiro atoms. The van der Waals surface area contributed by atoms with Crippen LogP contribution < -0.4 is 14.8 Å². The van der Waals surface area contributed by atoms with E-state index in [9.17, 15) is 10.1 Å². The Morgan fingerprint density at radius 3 is 2.63 bits per heavy atom. The number of carbonyl (C=O) groups excluding carboxylic acids is 1. The molecular weight excluding hydrogens is 462 g/mol. The highest BCUT2D eigenvalue weighted by Crippen LogP contribution is 2.38. The molecule has 2 aromatic carbocycles. The van der Waals surface area contributed by atoms with E-state index >= 15 is 0 Å². The van der Waals surface area contributed by atoms with Gasteiger partial charge in [0.1, 0.15) is 11.1 Å². The van der Waals surface area contributed by atoms with Crippen LogP contribution >= 0.6 is 11.8 Å². The van der Waals surface area contributed by atoms with Gasteiger partial charge < -0.3 is 19.5 Å². The van der Waals surface area contributed by atoms with E-state index in [0.717, 1.165) is 36.3 Å². The fourth-order valence-electron chi connectivity index (χ4n) is 3.94. The highest BCUT2D eigenvalue weighted by atomic mass is 32.2. The van der Waals surface area contributed by atoms with E-state index in [1.165, 1.54) is 11.8 Å². The summed E-state index contributed by atoms with van der Waals surface area (Å²) in [7, 11) is 3.15. The van der Waals surface area contributed by atoms with E-state index in [0.29, 0.717) is 34.2 Å². The molecule has 1 atom stereocenters. The number of hydrogen-bond donors (Lipinski definition) is 1. The minimum atomic E-state index is -0.117. The molecule has 180 valence electrons. The van der Waals surface area contributed by atoms with Gasteiger partial charge >= 0.3 is 0 Å². The summed E-state index contributed by atoms with van der Waals surface area (Å²) in [5.41, 5.74) is 3.56. The smallest absolute Gasteiger partial charge is 0.230 e. The Bertz CT molecular complexity index is 1220. The molecule has 7 nitrogen and oxygen atoms in total. The fraction of sp³-hybridized carbons (Fsp3) is 0.296. The standard InChI is InChI=1S/C27H27N3O4S/c1-32-24-11-10-19(13-25(24)33-2)21-14-23(18-7-4-3-5-8-18)30-27(22(21)15-28)35-17-26(31)29-16-20-9-6-12-34-20/h3-5,7-8,10-11,13-14,20H,6,9,12,16-17H2,1-2H3,(H,29,31)/t20-/m0/s1. The van der Waals surface area contributed by atoms with Gasteiger partial charge in [0, 0.05) is 24.3 Å². The number of rotatable bonds is 9. The SMILES string of the molecule is COc1ccc(-c2cc(-c3ccccc3)nc(SCC(=O)NC[C@@H]3CCCO3)c2C#N)cc1OC. The molecule has 0 saturated carbocycles. The van der Waals surface area contributed by atoms with Gasteiger partial charge in [0.05, 0.1) is 37.3 Å². The van der Waals surface area contributed by atoms with Gasteiger partial charge in [-0.25, -0.2) is 4.98 Å². The molecule has 3 aromatic rings. The summed E-state index contributed by atoms with van der Waals surface area (Å²) in [4.78, 5) is 17.3. The zero-order valence-electron chi connectivity index (χ0n) is 19.7. The Hall–Kier alpha value is -3.54. The van der Waals surface area contributed by atoms with Crippen LogP contribution in [0.15, 0.2) is 59.6 Å². The van der Waals surface area contributed by atoms with Crippen LogP contribution in [0.1, 0.15) is 18.4 Å². The van der Waals surface area contributed by atoms with Crippen LogP contribution in [0.25, 0.3) is 22.4 Å². The monoisotopic (exact) mass is 489 g/mol. The van der Waals surface area contributed by atoms with Crippen molar-refractivity contribution in [1.29, 1.82) is 5.26 Å². The highest BCUT2D eigenvalue weighted by Gasteiger charge is 2.20. The molecule has 1 amide bonds. The van der Waals surface area contributed by atoms with Crippen molar-refractivity contribution in [2.24, 2.45) is 0 Å². The first-order valence-electron chi connectivity index (χ1n) is 11.4. The number of nitrogens with zero attached hydrogens (tertiary/aromatic N) is 2. The summed E-state index contributed by atoms with van der Waals surface area (Å²) >= 11 is 1.26. The van der Waals surface area contributed by atoms with Gasteiger partial charge in [-0.05, 0) is 36.6 Å². The highest BCUT2D eigenvalue weighted by molar-refractivity contribution is 8.00. The van der Waals surface area contributed by atoms with Gasteiger partial charge in [-0.15, -0.1) is 0 Å². The molecule has 1 N–H and O–H groups in total. The van der Waals surface area contributed by atoms with E-state index in [2.05, 4.69) is 11.4 Å². The average molecular weight is 490 g/mol. The number of ether oxygens (including phenoxy) is 3. The zero-order chi connectivity index (χ0) is 24.6. The lowest BCUT2D eigenvalue weighted by Gasteiger charge is -2.15. The fourth-order valence-corrected chi connectivity index (χ4v) is 4.77. The first kappa shape index (κ1) is 24.6. The number of amides is 1. The third kappa shape index (κ3) is 5.94. The molecule has 2 heterocycles. The van der Waals surface area contributed by atoms with Gasteiger partial charge in [0.2, 0.25) is 5.91 Å². The van der Waals surface area contributed by atoms with Crippen molar-refractivity contribution < 1.29 is 19.0 Å². The lowest BCUT2D eigenvalue weighted by molar-refractivity contribution is -0.119. The average Bonchev–Trinajstić information content (AvgIpc) is 3.44. The number of carbonyl (C=O) groups is 1. The first-order valence-corrected chi connectivity index (χ1v) is 12.4. The third-order valence-corrected chi connectivity index (χ3v) is 6.73. The number of thioether (sulfide) groups is 1. The molecular formula is C27H27N3O4S. The number of nitrogens with one attached hydrogen (secondary N) is 1. The maximum Gasteiger partial charge on any atom is 0.230 e. The molecule has 1 aromatic heterocycles. The van der Waals surface area contributed by atoms with E-state index in [-0.39, 0.29) is 17.8 Å². The summed E-state index contributed by atoms with van der Waals surface area (Å²) in [6.07, 6.45) is 2.06. The summed E-state index contributed by atoms with van der Waals surface area (Å²) in [5.74, 6) is 1.20. The van der Waals surface area contributed by atoms with Crippen molar-refractivity contribution in [3.05, 3.63) is 60.2 Å². The summed E-state index contributed by atoms with van der Waals surface area (Å²) < 4.78 is 16.4. The number of pyridine rings is 1. The van der Waals surface area contributed by atoms with E-state index in [1.807, 2.05) is 54.6 Å². The van der Waals surface area contributed by atoms with Gasteiger partial charge in [-0.3, -0.25) is 4.79 Å². The molecule has 0 aliphatic carbocycles. The second-order valence-corrected chi connectivity index (χ2v) is 8.97. The van der Waals surface area contributed by atoms with Crippen molar-refractivity contribution in [3.8, 4) is 40.0 Å². The molecule has 0 unspecified atom stereocenters. The number of methoxy groups -OCH3 is 2. The number of hydrogen-bond acceptors (Lipinski definition) is 7. The van der Waals surface area contributed by atoms with Crippen molar-refractivity contribution >= 4 is 17.7 Å². The molecule has 1 saturated heterocycles. The molecule has 35 heavy (non-hydrogen) atoms. The van der Waals surface area contributed by atoms with Crippen molar-refractivity contribution in [1.82, 2.24) is 10.3 Å². The Morgan fingerprint density at radius 2 is 1.94 bits per heavy atom. The van der Waals surface area contributed by atoms with Crippen LogP contribution in [0.3, 0.4) is 0 Å². The van der Waals surface area contributed by atoms with Gasteiger partial charge in [0.15, 0.2) is 11.5 Å². The molecule has 0 bridgehead atoms. The normalized spacial score (nSPS) is 14.8. The van der Waals surface area contributed by atoms with Gasteiger partial charge in [0.25, 0.3) is 0 Å². The summed E-state index contributed by atoms with van der Waals surface area (Å²) in [6, 6.07) is 19.5. The van der Waals surface area contributed by atoms with E-state index in [1.54, 1.807) is 14.2 Å². The van der Waals surface area contributed by atoms with Crippen LogP contribution in [-0.2, 0) is 9.53 Å². The van der Waals surface area contributed by atoms with Crippen molar-refractivity contribution in [3.63, 3.8) is 0 Å². The molecule has 8 heteroatoms. The summed E-state index contributed by atoms with van der Waals surface area (Å²) in [6.45, 7) is 1.24. The van der Waals surface area contributed by atoms with Gasteiger partial charge in [-0.2, -0.15) is 5.26 Å². The molecule has 4 rings (SSSR count). The largest absolute Gasteiger partial charge is 0.493 e. The predicted octanol–water partition coefficient (Wildman–Crippen LogP) is 4.69. The molecule has 1 aliphatic heterocycles. The lowest BCUT2D eigenvalue weighted by atomic mass is 9.99. The minimum Gasteiger partial charge on any atom is -0.493 e. The second-order valence-electron chi connectivity index (χ2n) is 8.01. The Labute approximate surface area is 209 Å². The van der Waals surface area contributed by atoms with E-state index in [4.69, 9.17) is 19.2 Å². The van der Waals surface area contributed by atoms with Crippen LogP contribution in [-0.4, -0.2) is 50.1 Å². The van der Waals surface area contributed by atoms with E-state index < -0.39 is 0 Å². The second kappa shape index (κ2) is 11.7. The Balaban J connectivity index is 1.67. The molecule has 0 radical (unpaired) electrons. The minimum absolute atomic E-state index is 0.0785. The Kier molecular flexibility index (Phi) is 8.24. The Morgan fingerprint density at radius 1 is 1.14 bits per heavy atom. The number of nitriles is 1. The van der Waals surface area contributed by atoms with Crippen molar-refractivity contribution in [2.75, 3.05) is 33.1 Å². The number of aromatic nitrogens is 1. The topological polar surface area (TPSA) is 93.5 Å². The van der Waals surface area contributed by atoms with Crippen molar-refractivity contribution in [2.45, 2.75) is 24.0 Å². The zero-order valence-corrected chi connectivity index (χ0v) is 20.6. The summed E-state index contributed by atoms with van der Waals surface area (Å²) in [5, 5.41) is 13.5. The molecule has 1 fully saturated rings. The quantitative estimate of drug-likeness (QED) is 0.436. The first-order chi connectivity index (χ1) is 17.1. The third-order valence-electron chi connectivity index (χ3n) is 5.75. The lowest BCUT2D eigenvalue weighted by Crippen LogP contribution is -2.32. The van der Waals surface area contributed by atoms with Crippen LogP contribution in [0.5, 0.6) is 11.5 Å².